The summed E-state index contributed by atoms with van der Waals surface area (Å²) in [6.45, 7) is 0.676. The third kappa shape index (κ3) is 5.99. The molecule has 0 spiro atoms. The maximum absolute atomic E-state index is 13.9. The summed E-state index contributed by atoms with van der Waals surface area (Å²) in [5.74, 6) is -0.938. The second-order valence-electron chi connectivity index (χ2n) is 9.60. The van der Waals surface area contributed by atoms with Gasteiger partial charge in [0.1, 0.15) is 11.9 Å². The lowest BCUT2D eigenvalue weighted by atomic mass is 9.82. The number of nitrogens with zero attached hydrogens (tertiary/aromatic N) is 3. The molecule has 1 aromatic carbocycles. The highest BCUT2D eigenvalue weighted by Crippen LogP contribution is 2.39. The van der Waals surface area contributed by atoms with Crippen molar-refractivity contribution >= 4 is 40.7 Å². The van der Waals surface area contributed by atoms with Gasteiger partial charge >= 0.3 is 11.9 Å². The molecule has 13 heteroatoms. The van der Waals surface area contributed by atoms with E-state index in [0.717, 1.165) is 0 Å². The molecular formula is C26H28ClFN4O6S. The van der Waals surface area contributed by atoms with Crippen molar-refractivity contribution in [3.8, 4) is 0 Å². The molecule has 4 heterocycles. The number of morpholine rings is 1. The van der Waals surface area contributed by atoms with Crippen LogP contribution < -0.4 is 5.32 Å². The number of carbonyl (C=O) groups is 2. The summed E-state index contributed by atoms with van der Waals surface area (Å²) in [5, 5.41) is 14.8. The molecule has 208 valence electrons. The molecule has 2 bridgehead atoms. The molecule has 10 nitrogen and oxygen atoms in total. The highest BCUT2D eigenvalue weighted by atomic mass is 35.5. The number of methoxy groups -OCH3 is 1. The van der Waals surface area contributed by atoms with Crippen molar-refractivity contribution in [2.45, 2.75) is 37.4 Å². The lowest BCUT2D eigenvalue weighted by molar-refractivity contribution is -0.155. The molecule has 3 aliphatic heterocycles. The molecule has 2 saturated heterocycles. The lowest BCUT2D eigenvalue weighted by Crippen LogP contribution is -2.58. The van der Waals surface area contributed by atoms with Crippen molar-refractivity contribution in [1.82, 2.24) is 15.2 Å². The van der Waals surface area contributed by atoms with E-state index in [1.54, 1.807) is 6.20 Å². The maximum atomic E-state index is 13.9. The Bertz CT molecular complexity index is 1280. The summed E-state index contributed by atoms with van der Waals surface area (Å²) in [6.07, 6.45) is 3.27. The molecule has 0 aliphatic carbocycles. The number of hydrogen-bond donors (Lipinski definition) is 2. The number of carbonyl (C=O) groups excluding carboxylic acids is 2. The number of hydrogen-bond acceptors (Lipinski definition) is 11. The zero-order chi connectivity index (χ0) is 27.5. The first-order valence-corrected chi connectivity index (χ1v) is 13.7. The van der Waals surface area contributed by atoms with E-state index >= 15 is 0 Å². The Labute approximate surface area is 233 Å². The molecule has 0 radical (unpaired) electrons. The summed E-state index contributed by atoms with van der Waals surface area (Å²) < 4.78 is 29.7. The Hall–Kier alpha value is -2.90. The number of esters is 2. The van der Waals surface area contributed by atoms with Gasteiger partial charge in [-0.2, -0.15) is 0 Å². The fraction of sp³-hybridized carbons (Fsp3) is 0.462. The fourth-order valence-corrected chi connectivity index (χ4v) is 6.40. The van der Waals surface area contributed by atoms with Crippen LogP contribution in [0.15, 0.2) is 46.0 Å². The Morgan fingerprint density at radius 2 is 2.08 bits per heavy atom. The first-order chi connectivity index (χ1) is 18.9. The third-order valence-corrected chi connectivity index (χ3v) is 8.32. The molecule has 1 aromatic heterocycles. The largest absolute Gasteiger partial charge is 0.466 e. The molecule has 39 heavy (non-hydrogen) atoms. The van der Waals surface area contributed by atoms with Crippen LogP contribution in [0, 0.1) is 11.7 Å². The molecule has 4 atom stereocenters. The average Bonchev–Trinajstić information content (AvgIpc) is 3.44. The number of halogens is 2. The third-order valence-electron chi connectivity index (χ3n) is 7.21. The fourth-order valence-electron chi connectivity index (χ4n) is 5.54. The number of aromatic nitrogens is 1. The minimum absolute atomic E-state index is 0.00680. The van der Waals surface area contributed by atoms with Crippen molar-refractivity contribution in [3.63, 3.8) is 0 Å². The summed E-state index contributed by atoms with van der Waals surface area (Å²) in [4.78, 5) is 36.7. The first-order valence-electron chi connectivity index (χ1n) is 12.5. The number of thiazole rings is 1. The number of aliphatic hydroxyl groups excluding tert-OH is 1. The van der Waals surface area contributed by atoms with Gasteiger partial charge in [-0.3, -0.25) is 14.7 Å². The van der Waals surface area contributed by atoms with Crippen LogP contribution in [0.25, 0.3) is 0 Å². The number of nitrogens with one attached hydrogen (secondary N) is 1. The average molecular weight is 579 g/mol. The summed E-state index contributed by atoms with van der Waals surface area (Å²) in [6, 6.07) is 3.14. The predicted octanol–water partition coefficient (Wildman–Crippen LogP) is 2.82. The van der Waals surface area contributed by atoms with Crippen LogP contribution in [-0.2, 0) is 23.8 Å². The van der Waals surface area contributed by atoms with Gasteiger partial charge in [0.25, 0.3) is 0 Å². The van der Waals surface area contributed by atoms with E-state index in [1.165, 1.54) is 36.6 Å². The van der Waals surface area contributed by atoms with Crippen molar-refractivity contribution < 1.29 is 33.3 Å². The zero-order valence-corrected chi connectivity index (χ0v) is 22.7. The molecule has 0 saturated carbocycles. The van der Waals surface area contributed by atoms with E-state index < -0.39 is 30.6 Å². The van der Waals surface area contributed by atoms with Crippen LogP contribution in [0.2, 0.25) is 5.02 Å². The van der Waals surface area contributed by atoms with Crippen LogP contribution >= 0.6 is 22.9 Å². The van der Waals surface area contributed by atoms with Crippen molar-refractivity contribution in [2.75, 3.05) is 33.7 Å². The van der Waals surface area contributed by atoms with Crippen LogP contribution in [0.5, 0.6) is 0 Å². The second kappa shape index (κ2) is 12.1. The zero-order valence-electron chi connectivity index (χ0n) is 21.1. The number of ether oxygens (including phenoxy) is 3. The molecule has 2 N–H and O–H groups in total. The number of amidine groups is 1. The van der Waals surface area contributed by atoms with Crippen LogP contribution in [0.4, 0.5) is 4.39 Å². The SMILES string of the molecule is COC(=O)C1=C(CN2C3COC[C@H]2CC(CC(=O)OCO)C3)NC(c2nccs2)=NC1c1ccc(F)cc1Cl. The molecule has 0 amide bonds. The Balaban J connectivity index is 1.50. The summed E-state index contributed by atoms with van der Waals surface area (Å²) >= 11 is 7.84. The minimum atomic E-state index is -0.845. The van der Waals surface area contributed by atoms with Gasteiger partial charge in [0.05, 0.1) is 25.9 Å². The second-order valence-corrected chi connectivity index (χ2v) is 10.9. The van der Waals surface area contributed by atoms with Crippen molar-refractivity contribution in [2.24, 2.45) is 10.9 Å². The van der Waals surface area contributed by atoms with Crippen LogP contribution in [0.3, 0.4) is 0 Å². The van der Waals surface area contributed by atoms with Crippen molar-refractivity contribution in [1.29, 1.82) is 0 Å². The molecule has 3 unspecified atom stereocenters. The van der Waals surface area contributed by atoms with E-state index in [2.05, 4.69) is 15.2 Å². The minimum Gasteiger partial charge on any atom is -0.466 e. The normalized spacial score (nSPS) is 25.1. The number of rotatable bonds is 8. The van der Waals surface area contributed by atoms with Gasteiger partial charge in [0.15, 0.2) is 17.6 Å². The molecule has 3 aliphatic rings. The Kier molecular flexibility index (Phi) is 8.57. The highest BCUT2D eigenvalue weighted by molar-refractivity contribution is 7.11. The highest BCUT2D eigenvalue weighted by Gasteiger charge is 2.42. The molecule has 2 aromatic rings. The number of piperidine rings is 1. The monoisotopic (exact) mass is 578 g/mol. The van der Waals surface area contributed by atoms with Gasteiger partial charge < -0.3 is 24.6 Å². The van der Waals surface area contributed by atoms with Crippen LogP contribution in [0.1, 0.15) is 35.9 Å². The van der Waals surface area contributed by atoms with Gasteiger partial charge in [-0.15, -0.1) is 11.3 Å². The quantitative estimate of drug-likeness (QED) is 0.359. The van der Waals surface area contributed by atoms with Crippen molar-refractivity contribution in [3.05, 3.63) is 62.5 Å². The lowest BCUT2D eigenvalue weighted by Gasteiger charge is -2.49. The predicted molar refractivity (Wildman–Crippen MR) is 141 cm³/mol. The van der Waals surface area contributed by atoms with Gasteiger partial charge in [0, 0.05) is 52.9 Å². The number of aliphatic hydroxyl groups is 1. The standard InChI is InChI=1S/C26H28ClFN4O6S/c1-36-26(35)22-20(10-32-16-6-14(8-21(34)38-13-33)7-17(32)12-37-11-16)30-24(25-29-4-5-39-25)31-23(22)18-3-2-15(28)9-19(18)27/h2-5,9,14,16-17,23,33H,6-8,10-13H2,1H3,(H,30,31)/t14?,16-,17?,23?/m1/s1. The summed E-state index contributed by atoms with van der Waals surface area (Å²) in [7, 11) is 1.30. The van der Waals surface area contributed by atoms with Crippen LogP contribution in [-0.4, -0.2) is 78.5 Å². The topological polar surface area (TPSA) is 123 Å². The molecule has 2 fully saturated rings. The van der Waals surface area contributed by atoms with Gasteiger partial charge in [-0.1, -0.05) is 17.7 Å². The smallest absolute Gasteiger partial charge is 0.338 e. The first kappa shape index (κ1) is 27.7. The van der Waals surface area contributed by atoms with Gasteiger partial charge in [-0.05, 0) is 30.9 Å². The van der Waals surface area contributed by atoms with E-state index in [9.17, 15) is 14.0 Å². The number of benzene rings is 1. The number of aliphatic imine (C=N–C) groups is 1. The van der Waals surface area contributed by atoms with E-state index in [0.29, 0.717) is 54.7 Å². The summed E-state index contributed by atoms with van der Waals surface area (Å²) in [5.41, 5.74) is 1.33. The Morgan fingerprint density at radius 3 is 2.72 bits per heavy atom. The maximum Gasteiger partial charge on any atom is 0.338 e. The molecular weight excluding hydrogens is 551 g/mol. The Morgan fingerprint density at radius 1 is 1.31 bits per heavy atom. The van der Waals surface area contributed by atoms with E-state index in [4.69, 9.17) is 35.9 Å². The van der Waals surface area contributed by atoms with Gasteiger partial charge in [-0.25, -0.2) is 14.2 Å². The molecule has 5 rings (SSSR count). The van der Waals surface area contributed by atoms with E-state index in [-0.39, 0.29) is 35.0 Å². The van der Waals surface area contributed by atoms with E-state index in [1.807, 2.05) is 5.38 Å². The van der Waals surface area contributed by atoms with Gasteiger partial charge in [0.2, 0.25) is 0 Å². The number of fused-ring (bicyclic) bond motifs is 2.